The number of carbonyl (C=O) groups is 1. The van der Waals surface area contributed by atoms with Crippen LogP contribution in [0, 0.1) is 0 Å². The average Bonchev–Trinajstić information content (AvgIpc) is 2.93. The van der Waals surface area contributed by atoms with Gasteiger partial charge in [0.15, 0.2) is 11.9 Å². The van der Waals surface area contributed by atoms with E-state index in [1.165, 1.54) is 159 Å². The van der Waals surface area contributed by atoms with Gasteiger partial charge in [-0.25, -0.2) is 0 Å². The molecule has 0 atom stereocenters. The first kappa shape index (κ1) is 35.6. The van der Waals surface area contributed by atoms with Crippen molar-refractivity contribution in [3.05, 3.63) is 29.1 Å². The van der Waals surface area contributed by atoms with Crippen LogP contribution in [-0.2, 0) is 19.3 Å². The van der Waals surface area contributed by atoms with Crippen LogP contribution in [0.15, 0.2) is 12.3 Å². The minimum atomic E-state index is -0.819. The zero-order valence-corrected chi connectivity index (χ0v) is 26.5. The summed E-state index contributed by atoms with van der Waals surface area (Å²) in [5.41, 5.74) is 3.89. The van der Waals surface area contributed by atoms with E-state index in [0.29, 0.717) is 0 Å². The zero-order valence-electron chi connectivity index (χ0n) is 26.5. The Labute approximate surface area is 243 Å². The van der Waals surface area contributed by atoms with Crippen LogP contribution in [0.1, 0.15) is 192 Å². The molecule has 0 aliphatic carbocycles. The number of unbranched alkanes of at least 4 members (excludes halogenated alkanes) is 21. The van der Waals surface area contributed by atoms with Crippen LogP contribution < -0.4 is 4.57 Å². The molecule has 0 fully saturated rings. The fraction of sp³-hybridized carbons (Fsp3) is 0.833. The van der Waals surface area contributed by atoms with Gasteiger partial charge in [-0.05, 0) is 37.7 Å². The summed E-state index contributed by atoms with van der Waals surface area (Å²) in [6.45, 7) is 6.83. The Morgan fingerprint density at radius 1 is 0.538 bits per heavy atom. The SMILES string of the molecule is CCCCCCCCCCc1cc[n+](C(=O)O)c(CCCCCCCCCC)c1CCCCCCCCCC. The molecule has 1 aromatic heterocycles. The summed E-state index contributed by atoms with van der Waals surface area (Å²) in [5.74, 6) is 0. The van der Waals surface area contributed by atoms with Gasteiger partial charge in [0.05, 0.1) is 0 Å². The van der Waals surface area contributed by atoms with Gasteiger partial charge >= 0.3 is 6.09 Å². The van der Waals surface area contributed by atoms with Gasteiger partial charge < -0.3 is 5.11 Å². The topological polar surface area (TPSA) is 41.2 Å². The van der Waals surface area contributed by atoms with Crippen LogP contribution in [0.4, 0.5) is 4.79 Å². The number of aromatic nitrogens is 1. The van der Waals surface area contributed by atoms with Gasteiger partial charge in [0.25, 0.3) is 0 Å². The van der Waals surface area contributed by atoms with E-state index in [-0.39, 0.29) is 0 Å². The first-order chi connectivity index (χ1) is 19.2. The molecule has 0 aromatic carbocycles. The summed E-state index contributed by atoms with van der Waals surface area (Å²) in [7, 11) is 0. The first-order valence-electron chi connectivity index (χ1n) is 17.4. The van der Waals surface area contributed by atoms with Crippen molar-refractivity contribution >= 4 is 6.09 Å². The number of hydrogen-bond donors (Lipinski definition) is 1. The monoisotopic (exact) mass is 545 g/mol. The van der Waals surface area contributed by atoms with Gasteiger partial charge in [0, 0.05) is 18.1 Å². The Morgan fingerprint density at radius 3 is 1.31 bits per heavy atom. The number of hydrogen-bond acceptors (Lipinski definition) is 1. The minimum absolute atomic E-state index is 0.819. The summed E-state index contributed by atoms with van der Waals surface area (Å²) in [5, 5.41) is 10.0. The summed E-state index contributed by atoms with van der Waals surface area (Å²) < 4.78 is 1.55. The van der Waals surface area contributed by atoms with E-state index in [0.717, 1.165) is 31.4 Å². The molecule has 0 saturated carbocycles. The molecule has 1 aromatic rings. The quantitative estimate of drug-likeness (QED) is 0.0883. The molecule has 0 spiro atoms. The number of pyridine rings is 1. The molecule has 3 heteroatoms. The second-order valence-electron chi connectivity index (χ2n) is 12.1. The van der Waals surface area contributed by atoms with Crippen molar-refractivity contribution in [2.75, 3.05) is 0 Å². The number of aryl methyl sites for hydroxylation is 1. The standard InChI is InChI=1S/C36H65NO2/c1-4-7-10-13-16-19-22-25-28-33-31-32-37(36(38)39)35(30-27-24-21-18-15-12-9-6-3)34(33)29-26-23-20-17-14-11-8-5-2/h31-32H,4-30H2,1-3H3/p+1. The van der Waals surface area contributed by atoms with Crippen molar-refractivity contribution in [3.63, 3.8) is 0 Å². The van der Waals surface area contributed by atoms with Crippen molar-refractivity contribution in [1.82, 2.24) is 0 Å². The molecule has 226 valence electrons. The van der Waals surface area contributed by atoms with E-state index in [4.69, 9.17) is 0 Å². The van der Waals surface area contributed by atoms with Crippen LogP contribution in [-0.4, -0.2) is 11.2 Å². The Balaban J connectivity index is 2.74. The van der Waals surface area contributed by atoms with Crippen molar-refractivity contribution in [2.45, 2.75) is 194 Å². The third kappa shape index (κ3) is 17.8. The maximum absolute atomic E-state index is 12.2. The summed E-state index contributed by atoms with van der Waals surface area (Å²) >= 11 is 0. The third-order valence-electron chi connectivity index (χ3n) is 8.50. The lowest BCUT2D eigenvalue weighted by Crippen LogP contribution is -2.46. The maximum Gasteiger partial charge on any atom is 0.599 e. The van der Waals surface area contributed by atoms with Gasteiger partial charge in [0.2, 0.25) is 0 Å². The third-order valence-corrected chi connectivity index (χ3v) is 8.50. The van der Waals surface area contributed by atoms with Gasteiger partial charge in [-0.3, -0.25) is 0 Å². The molecule has 0 aliphatic rings. The lowest BCUT2D eigenvalue weighted by molar-refractivity contribution is -0.593. The van der Waals surface area contributed by atoms with Crippen LogP contribution in [0.2, 0.25) is 0 Å². The highest BCUT2D eigenvalue weighted by Gasteiger charge is 2.24. The highest BCUT2D eigenvalue weighted by Crippen LogP contribution is 2.22. The lowest BCUT2D eigenvalue weighted by atomic mass is 9.93. The summed E-state index contributed by atoms with van der Waals surface area (Å²) in [4.78, 5) is 12.2. The van der Waals surface area contributed by atoms with Crippen molar-refractivity contribution in [3.8, 4) is 0 Å². The van der Waals surface area contributed by atoms with E-state index < -0.39 is 6.09 Å². The van der Waals surface area contributed by atoms with Crippen LogP contribution >= 0.6 is 0 Å². The predicted octanol–water partition coefficient (Wildman–Crippen LogP) is 11.5. The molecule has 0 saturated heterocycles. The highest BCUT2D eigenvalue weighted by molar-refractivity contribution is 5.54. The lowest BCUT2D eigenvalue weighted by Gasteiger charge is -2.13. The molecule has 0 unspecified atom stereocenters. The second kappa shape index (κ2) is 25.6. The molecule has 0 amide bonds. The predicted molar refractivity (Wildman–Crippen MR) is 169 cm³/mol. The van der Waals surface area contributed by atoms with E-state index >= 15 is 0 Å². The van der Waals surface area contributed by atoms with E-state index in [9.17, 15) is 9.90 Å². The Morgan fingerprint density at radius 2 is 0.897 bits per heavy atom. The number of carboxylic acid groups (broad SMARTS) is 1. The molecular weight excluding hydrogens is 478 g/mol. The smallest absolute Gasteiger partial charge is 0.427 e. The fourth-order valence-corrected chi connectivity index (χ4v) is 5.99. The normalized spacial score (nSPS) is 11.4. The molecule has 1 N–H and O–H groups in total. The zero-order chi connectivity index (χ0) is 28.4. The summed E-state index contributed by atoms with van der Waals surface area (Å²) in [6, 6.07) is 2.13. The second-order valence-corrected chi connectivity index (χ2v) is 12.1. The van der Waals surface area contributed by atoms with E-state index in [1.807, 2.05) is 6.20 Å². The molecule has 39 heavy (non-hydrogen) atoms. The van der Waals surface area contributed by atoms with Crippen molar-refractivity contribution in [1.29, 1.82) is 0 Å². The highest BCUT2D eigenvalue weighted by atomic mass is 16.4. The van der Waals surface area contributed by atoms with E-state index in [2.05, 4.69) is 26.8 Å². The molecule has 1 heterocycles. The fourth-order valence-electron chi connectivity index (χ4n) is 5.99. The maximum atomic E-state index is 12.2. The van der Waals surface area contributed by atoms with Crippen LogP contribution in [0.5, 0.6) is 0 Å². The largest absolute Gasteiger partial charge is 0.599 e. The Bertz CT molecular complexity index is 714. The molecule has 0 aliphatic heterocycles. The van der Waals surface area contributed by atoms with Gasteiger partial charge in [0.1, 0.15) is 0 Å². The van der Waals surface area contributed by atoms with Crippen LogP contribution in [0.3, 0.4) is 0 Å². The van der Waals surface area contributed by atoms with Crippen molar-refractivity contribution < 1.29 is 14.5 Å². The van der Waals surface area contributed by atoms with Gasteiger partial charge in [-0.1, -0.05) is 160 Å². The van der Waals surface area contributed by atoms with Crippen molar-refractivity contribution in [2.24, 2.45) is 0 Å². The van der Waals surface area contributed by atoms with Gasteiger partial charge in [-0.2, -0.15) is 4.79 Å². The van der Waals surface area contributed by atoms with E-state index in [1.54, 1.807) is 4.57 Å². The molecule has 0 radical (unpaired) electrons. The molecular formula is C36H66NO2+. The number of rotatable bonds is 27. The first-order valence-corrected chi connectivity index (χ1v) is 17.4. The molecule has 1 rings (SSSR count). The molecule has 3 nitrogen and oxygen atoms in total. The van der Waals surface area contributed by atoms with Crippen LogP contribution in [0.25, 0.3) is 0 Å². The average molecular weight is 545 g/mol. The Hall–Kier alpha value is -1.38. The van der Waals surface area contributed by atoms with Gasteiger partial charge in [-0.15, -0.1) is 0 Å². The summed E-state index contributed by atoms with van der Waals surface area (Å²) in [6.07, 6.45) is 35.6. The number of nitrogens with zero attached hydrogens (tertiary/aromatic N) is 1. The Kier molecular flexibility index (Phi) is 23.4. The minimum Gasteiger partial charge on any atom is -0.427 e. The molecule has 0 bridgehead atoms.